The molecule has 4 nitrogen and oxygen atoms in total. The molecular formula is C19H16F2N2O2. The zero-order valence-corrected chi connectivity index (χ0v) is 13.4. The third kappa shape index (κ3) is 3.13. The van der Waals surface area contributed by atoms with Crippen LogP contribution >= 0.6 is 0 Å². The van der Waals surface area contributed by atoms with Gasteiger partial charge in [0.05, 0.1) is 5.56 Å². The molecule has 0 amide bonds. The molecule has 3 aromatic rings. The summed E-state index contributed by atoms with van der Waals surface area (Å²) in [5.41, 5.74) is 1.14. The highest BCUT2D eigenvalue weighted by atomic mass is 19.1. The van der Waals surface area contributed by atoms with Crippen molar-refractivity contribution in [3.8, 4) is 11.1 Å². The minimum Gasteiger partial charge on any atom is -0.422 e. The molecule has 0 bridgehead atoms. The van der Waals surface area contributed by atoms with E-state index in [1.165, 1.54) is 0 Å². The highest BCUT2D eigenvalue weighted by Crippen LogP contribution is 2.26. The van der Waals surface area contributed by atoms with Gasteiger partial charge in [0.15, 0.2) is 0 Å². The molecule has 1 aliphatic heterocycles. The summed E-state index contributed by atoms with van der Waals surface area (Å²) in [6, 6.07) is 10.3. The lowest BCUT2D eigenvalue weighted by molar-refractivity contribution is 0.560. The normalized spacial score (nSPS) is 14.9. The SMILES string of the molecule is O=c1oc2cc(N3CCNCC3)ccc2cc1-c1cc(F)cc(F)c1. The molecular weight excluding hydrogens is 326 g/mol. The summed E-state index contributed by atoms with van der Waals surface area (Å²) in [6.07, 6.45) is 0. The number of nitrogens with zero attached hydrogens (tertiary/aromatic N) is 1. The lowest BCUT2D eigenvalue weighted by Gasteiger charge is -2.29. The Kier molecular flexibility index (Phi) is 3.97. The van der Waals surface area contributed by atoms with Crippen molar-refractivity contribution in [1.82, 2.24) is 5.32 Å². The fraction of sp³-hybridized carbons (Fsp3) is 0.211. The van der Waals surface area contributed by atoms with Crippen molar-refractivity contribution in [3.63, 3.8) is 0 Å². The van der Waals surface area contributed by atoms with Crippen molar-refractivity contribution in [2.75, 3.05) is 31.1 Å². The van der Waals surface area contributed by atoms with Crippen LogP contribution in [0, 0.1) is 11.6 Å². The van der Waals surface area contributed by atoms with Gasteiger partial charge < -0.3 is 14.6 Å². The molecule has 1 N–H and O–H groups in total. The van der Waals surface area contributed by atoms with Crippen LogP contribution in [0.25, 0.3) is 22.1 Å². The Balaban J connectivity index is 1.78. The first-order valence-corrected chi connectivity index (χ1v) is 8.10. The van der Waals surface area contributed by atoms with Crippen LogP contribution in [0.2, 0.25) is 0 Å². The number of benzene rings is 2. The molecule has 25 heavy (non-hydrogen) atoms. The van der Waals surface area contributed by atoms with Gasteiger partial charge in [-0.2, -0.15) is 0 Å². The highest BCUT2D eigenvalue weighted by Gasteiger charge is 2.14. The van der Waals surface area contributed by atoms with Crippen LogP contribution in [0.1, 0.15) is 0 Å². The summed E-state index contributed by atoms with van der Waals surface area (Å²) in [5, 5.41) is 4.00. The monoisotopic (exact) mass is 342 g/mol. The van der Waals surface area contributed by atoms with Gasteiger partial charge in [-0.1, -0.05) is 0 Å². The Bertz CT molecular complexity index is 974. The molecule has 2 aromatic carbocycles. The smallest absolute Gasteiger partial charge is 0.344 e. The van der Waals surface area contributed by atoms with Gasteiger partial charge >= 0.3 is 5.63 Å². The van der Waals surface area contributed by atoms with Gasteiger partial charge in [-0.05, 0) is 35.9 Å². The van der Waals surface area contributed by atoms with Gasteiger partial charge in [-0.3, -0.25) is 0 Å². The zero-order chi connectivity index (χ0) is 17.4. The van der Waals surface area contributed by atoms with Crippen LogP contribution in [0.3, 0.4) is 0 Å². The van der Waals surface area contributed by atoms with Gasteiger partial charge in [0.25, 0.3) is 0 Å². The highest BCUT2D eigenvalue weighted by molar-refractivity contribution is 5.84. The number of piperazine rings is 1. The third-order valence-corrected chi connectivity index (χ3v) is 4.38. The van der Waals surface area contributed by atoms with Crippen molar-refractivity contribution in [3.05, 3.63) is 64.5 Å². The molecule has 0 spiro atoms. The number of anilines is 1. The van der Waals surface area contributed by atoms with Gasteiger partial charge in [0, 0.05) is 49.4 Å². The fourth-order valence-corrected chi connectivity index (χ4v) is 3.13. The van der Waals surface area contributed by atoms with E-state index in [-0.39, 0.29) is 11.1 Å². The molecule has 0 unspecified atom stereocenters. The summed E-state index contributed by atoms with van der Waals surface area (Å²) in [6.45, 7) is 3.59. The second-order valence-corrected chi connectivity index (χ2v) is 6.06. The average molecular weight is 342 g/mol. The van der Waals surface area contributed by atoms with E-state index in [9.17, 15) is 13.6 Å². The third-order valence-electron chi connectivity index (χ3n) is 4.38. The van der Waals surface area contributed by atoms with Crippen LogP contribution in [0.5, 0.6) is 0 Å². The van der Waals surface area contributed by atoms with Gasteiger partial charge in [-0.15, -0.1) is 0 Å². The van der Waals surface area contributed by atoms with Crippen LogP contribution < -0.4 is 15.8 Å². The van der Waals surface area contributed by atoms with E-state index in [0.717, 1.165) is 50.1 Å². The van der Waals surface area contributed by atoms with Crippen LogP contribution in [-0.4, -0.2) is 26.2 Å². The Morgan fingerprint density at radius 1 is 0.960 bits per heavy atom. The summed E-state index contributed by atoms with van der Waals surface area (Å²) < 4.78 is 32.3. The first-order chi connectivity index (χ1) is 12.1. The summed E-state index contributed by atoms with van der Waals surface area (Å²) >= 11 is 0. The largest absolute Gasteiger partial charge is 0.422 e. The number of hydrogen-bond donors (Lipinski definition) is 1. The van der Waals surface area contributed by atoms with E-state index >= 15 is 0 Å². The number of nitrogens with one attached hydrogen (secondary N) is 1. The first kappa shape index (κ1) is 15.8. The fourth-order valence-electron chi connectivity index (χ4n) is 3.13. The maximum Gasteiger partial charge on any atom is 0.344 e. The Hall–Kier alpha value is -2.73. The molecule has 1 aromatic heterocycles. The van der Waals surface area contributed by atoms with Crippen LogP contribution in [-0.2, 0) is 0 Å². The number of rotatable bonds is 2. The predicted molar refractivity (Wildman–Crippen MR) is 92.9 cm³/mol. The lowest BCUT2D eigenvalue weighted by Crippen LogP contribution is -2.43. The van der Waals surface area contributed by atoms with Crippen molar-refractivity contribution in [2.45, 2.75) is 0 Å². The Labute approximate surface area is 142 Å². The number of hydrogen-bond acceptors (Lipinski definition) is 4. The molecule has 0 saturated carbocycles. The molecule has 0 atom stereocenters. The molecule has 1 saturated heterocycles. The molecule has 2 heterocycles. The summed E-state index contributed by atoms with van der Waals surface area (Å²) in [4.78, 5) is 14.5. The molecule has 4 rings (SSSR count). The first-order valence-electron chi connectivity index (χ1n) is 8.10. The average Bonchev–Trinajstić information content (AvgIpc) is 2.60. The zero-order valence-electron chi connectivity index (χ0n) is 13.4. The van der Waals surface area contributed by atoms with E-state index in [4.69, 9.17) is 4.42 Å². The molecule has 1 fully saturated rings. The van der Waals surface area contributed by atoms with Crippen LogP contribution in [0.4, 0.5) is 14.5 Å². The second kappa shape index (κ2) is 6.29. The summed E-state index contributed by atoms with van der Waals surface area (Å²) in [5.74, 6) is -1.47. The molecule has 0 aliphatic carbocycles. The number of fused-ring (bicyclic) bond motifs is 1. The number of halogens is 2. The van der Waals surface area contributed by atoms with E-state index in [2.05, 4.69) is 10.2 Å². The topological polar surface area (TPSA) is 45.5 Å². The maximum absolute atomic E-state index is 13.4. The van der Waals surface area contributed by atoms with Crippen molar-refractivity contribution in [2.24, 2.45) is 0 Å². The van der Waals surface area contributed by atoms with E-state index in [1.54, 1.807) is 6.07 Å². The van der Waals surface area contributed by atoms with Gasteiger partial charge in [-0.25, -0.2) is 13.6 Å². The van der Waals surface area contributed by atoms with Gasteiger partial charge in [0.2, 0.25) is 0 Å². The minimum absolute atomic E-state index is 0.140. The van der Waals surface area contributed by atoms with Crippen molar-refractivity contribution >= 4 is 16.7 Å². The minimum atomic E-state index is -0.733. The van der Waals surface area contributed by atoms with E-state index in [1.807, 2.05) is 18.2 Å². The maximum atomic E-state index is 13.4. The standard InChI is InChI=1S/C19H16F2N2O2/c20-14-7-13(8-15(21)10-14)17-9-12-1-2-16(11-18(12)25-19(17)24)23-5-3-22-4-6-23/h1-2,7-11,22H,3-6H2. The van der Waals surface area contributed by atoms with E-state index < -0.39 is 17.3 Å². The van der Waals surface area contributed by atoms with Crippen molar-refractivity contribution < 1.29 is 13.2 Å². The Morgan fingerprint density at radius 2 is 1.68 bits per heavy atom. The molecule has 6 heteroatoms. The molecule has 1 aliphatic rings. The predicted octanol–water partition coefficient (Wildman–Crippen LogP) is 3.15. The molecule has 128 valence electrons. The van der Waals surface area contributed by atoms with E-state index in [0.29, 0.717) is 11.0 Å². The molecule has 0 radical (unpaired) electrons. The van der Waals surface area contributed by atoms with Crippen LogP contribution in [0.15, 0.2) is 51.7 Å². The van der Waals surface area contributed by atoms with Crippen molar-refractivity contribution in [1.29, 1.82) is 0 Å². The quantitative estimate of drug-likeness (QED) is 0.727. The van der Waals surface area contributed by atoms with Gasteiger partial charge in [0.1, 0.15) is 17.2 Å². The summed E-state index contributed by atoms with van der Waals surface area (Å²) in [7, 11) is 0. The lowest BCUT2D eigenvalue weighted by atomic mass is 10.1. The second-order valence-electron chi connectivity index (χ2n) is 6.06. The Morgan fingerprint density at radius 3 is 2.40 bits per heavy atom.